The van der Waals surface area contributed by atoms with Gasteiger partial charge in [0.2, 0.25) is 12.7 Å². The summed E-state index contributed by atoms with van der Waals surface area (Å²) in [6, 6.07) is 13.7. The smallest absolute Gasteiger partial charge is 0.236 e. The molecule has 5 rings (SSSR count). The van der Waals surface area contributed by atoms with Crippen molar-refractivity contribution in [3.8, 4) is 22.8 Å². The van der Waals surface area contributed by atoms with Crippen molar-refractivity contribution in [3.05, 3.63) is 57.9 Å². The molecule has 1 amide bonds. The molecule has 1 saturated carbocycles. The summed E-state index contributed by atoms with van der Waals surface area (Å²) in [6.07, 6.45) is 1.65. The van der Waals surface area contributed by atoms with E-state index in [0.29, 0.717) is 10.9 Å². The summed E-state index contributed by atoms with van der Waals surface area (Å²) in [6.45, 7) is 0.232. The lowest BCUT2D eigenvalue weighted by atomic mass is 9.94. The fourth-order valence-electron chi connectivity index (χ4n) is 3.27. The van der Waals surface area contributed by atoms with Gasteiger partial charge in [0.05, 0.1) is 11.1 Å². The predicted molar refractivity (Wildman–Crippen MR) is 107 cm³/mol. The van der Waals surface area contributed by atoms with Crippen molar-refractivity contribution >= 4 is 38.3 Å². The highest BCUT2D eigenvalue weighted by molar-refractivity contribution is 9.10. The lowest BCUT2D eigenvalue weighted by Crippen LogP contribution is -2.27. The quantitative estimate of drug-likeness (QED) is 0.619. The third-order valence-corrected chi connectivity index (χ3v) is 6.26. The van der Waals surface area contributed by atoms with Crippen molar-refractivity contribution in [2.24, 2.45) is 0 Å². The van der Waals surface area contributed by atoms with E-state index in [2.05, 4.69) is 26.2 Å². The van der Waals surface area contributed by atoms with Gasteiger partial charge in [-0.05, 0) is 42.7 Å². The first-order valence-electron chi connectivity index (χ1n) is 8.57. The van der Waals surface area contributed by atoms with Gasteiger partial charge in [0.25, 0.3) is 0 Å². The van der Waals surface area contributed by atoms with Crippen LogP contribution in [0.1, 0.15) is 18.4 Å². The van der Waals surface area contributed by atoms with Crippen molar-refractivity contribution in [2.45, 2.75) is 18.3 Å². The molecule has 0 saturated heterocycles. The maximum Gasteiger partial charge on any atom is 0.236 e. The summed E-state index contributed by atoms with van der Waals surface area (Å²) in [5.41, 5.74) is 2.35. The third kappa shape index (κ3) is 3.00. The molecule has 27 heavy (non-hydrogen) atoms. The predicted octanol–water partition coefficient (Wildman–Crippen LogP) is 4.97. The van der Waals surface area contributed by atoms with Gasteiger partial charge in [-0.2, -0.15) is 0 Å². The molecule has 1 fully saturated rings. The van der Waals surface area contributed by atoms with Gasteiger partial charge in [-0.1, -0.05) is 34.1 Å². The normalized spacial score (nSPS) is 16.2. The average Bonchev–Trinajstić information content (AvgIpc) is 3.14. The number of nitrogens with zero attached hydrogens (tertiary/aromatic N) is 1. The molecule has 3 aromatic rings. The summed E-state index contributed by atoms with van der Waals surface area (Å²) in [4.78, 5) is 17.5. The zero-order valence-electron chi connectivity index (χ0n) is 14.2. The summed E-state index contributed by atoms with van der Waals surface area (Å²) in [5, 5.41) is 5.57. The van der Waals surface area contributed by atoms with E-state index in [9.17, 15) is 4.79 Å². The number of halogens is 1. The Labute approximate surface area is 168 Å². The molecule has 0 radical (unpaired) electrons. The fourth-order valence-corrected chi connectivity index (χ4v) is 4.25. The second-order valence-corrected chi connectivity index (χ2v) is 8.42. The number of benzene rings is 2. The zero-order chi connectivity index (χ0) is 18.4. The number of carbonyl (C=O) groups excluding carboxylic acids is 1. The molecular formula is C20H15BrN2O3S. The number of rotatable bonds is 4. The van der Waals surface area contributed by atoms with Crippen LogP contribution in [-0.2, 0) is 10.2 Å². The van der Waals surface area contributed by atoms with E-state index in [-0.39, 0.29) is 12.7 Å². The van der Waals surface area contributed by atoms with Crippen molar-refractivity contribution in [1.29, 1.82) is 0 Å². The summed E-state index contributed by atoms with van der Waals surface area (Å²) in [7, 11) is 0. The Balaban J connectivity index is 1.35. The number of hydrogen-bond acceptors (Lipinski definition) is 5. The third-order valence-electron chi connectivity index (χ3n) is 4.97. The van der Waals surface area contributed by atoms with Crippen molar-refractivity contribution in [2.75, 3.05) is 12.1 Å². The van der Waals surface area contributed by atoms with Crippen LogP contribution in [-0.4, -0.2) is 17.7 Å². The largest absolute Gasteiger partial charge is 0.454 e. The first-order valence-corrected chi connectivity index (χ1v) is 10.2. The topological polar surface area (TPSA) is 60.5 Å². The average molecular weight is 443 g/mol. The number of ether oxygens (including phenoxy) is 2. The van der Waals surface area contributed by atoms with Crippen LogP contribution < -0.4 is 14.8 Å². The minimum absolute atomic E-state index is 0.0157. The Morgan fingerprint density at radius 3 is 2.67 bits per heavy atom. The van der Waals surface area contributed by atoms with E-state index < -0.39 is 5.41 Å². The molecule has 2 heterocycles. The number of thiazole rings is 1. The molecule has 2 aromatic carbocycles. The van der Waals surface area contributed by atoms with Gasteiger partial charge in [0.15, 0.2) is 16.6 Å². The van der Waals surface area contributed by atoms with E-state index in [4.69, 9.17) is 9.47 Å². The lowest BCUT2D eigenvalue weighted by Gasteiger charge is -2.15. The second-order valence-electron chi connectivity index (χ2n) is 6.65. The molecule has 1 aromatic heterocycles. The maximum atomic E-state index is 13.0. The zero-order valence-corrected chi connectivity index (χ0v) is 16.6. The van der Waals surface area contributed by atoms with Gasteiger partial charge in [-0.3, -0.25) is 4.79 Å². The molecule has 0 atom stereocenters. The Hall–Kier alpha value is -2.38. The highest BCUT2D eigenvalue weighted by Gasteiger charge is 2.52. The number of anilines is 1. The number of hydrogen-bond donors (Lipinski definition) is 1. The molecule has 0 unspecified atom stereocenters. The molecule has 1 aliphatic heterocycles. The van der Waals surface area contributed by atoms with Crippen molar-refractivity contribution in [3.63, 3.8) is 0 Å². The Bertz CT molecular complexity index is 1030. The first-order chi connectivity index (χ1) is 13.1. The molecular weight excluding hydrogens is 428 g/mol. The van der Waals surface area contributed by atoms with Gasteiger partial charge in [-0.15, -0.1) is 11.3 Å². The minimum atomic E-state index is -0.496. The number of aromatic nitrogens is 1. The van der Waals surface area contributed by atoms with Gasteiger partial charge in [-0.25, -0.2) is 4.98 Å². The molecule has 1 aliphatic carbocycles. The Morgan fingerprint density at radius 1 is 1.11 bits per heavy atom. The molecule has 0 spiro atoms. The SMILES string of the molecule is O=C(Nc1nc(-c2ccc(Br)cc2)cs1)C1(c2ccc3c(c2)OCO3)CC1. The van der Waals surface area contributed by atoms with Gasteiger partial charge in [0.1, 0.15) is 0 Å². The van der Waals surface area contributed by atoms with E-state index in [1.807, 2.05) is 47.8 Å². The van der Waals surface area contributed by atoms with Crippen LogP contribution >= 0.6 is 27.3 Å². The minimum Gasteiger partial charge on any atom is -0.454 e. The van der Waals surface area contributed by atoms with E-state index in [0.717, 1.165) is 39.9 Å². The van der Waals surface area contributed by atoms with Gasteiger partial charge < -0.3 is 14.8 Å². The summed E-state index contributed by atoms with van der Waals surface area (Å²) < 4.78 is 11.8. The molecule has 0 bridgehead atoms. The molecule has 136 valence electrons. The summed E-state index contributed by atoms with van der Waals surface area (Å²) >= 11 is 4.87. The number of fused-ring (bicyclic) bond motifs is 1. The van der Waals surface area contributed by atoms with Gasteiger partial charge >= 0.3 is 0 Å². The fraction of sp³-hybridized carbons (Fsp3) is 0.200. The van der Waals surface area contributed by atoms with Crippen molar-refractivity contribution in [1.82, 2.24) is 4.98 Å². The van der Waals surface area contributed by atoms with Crippen molar-refractivity contribution < 1.29 is 14.3 Å². The standard InChI is InChI=1S/C20H15BrN2O3S/c21-14-4-1-12(2-5-14)15-10-27-19(22-15)23-18(24)20(7-8-20)13-3-6-16-17(9-13)26-11-25-16/h1-6,9-10H,7-8,11H2,(H,22,23,24). The van der Waals surface area contributed by atoms with Crippen LogP contribution in [0, 0.1) is 0 Å². The number of amides is 1. The monoisotopic (exact) mass is 442 g/mol. The number of carbonyl (C=O) groups is 1. The molecule has 7 heteroatoms. The van der Waals surface area contributed by atoms with E-state index in [1.165, 1.54) is 11.3 Å². The van der Waals surface area contributed by atoms with Crippen LogP contribution in [0.4, 0.5) is 5.13 Å². The van der Waals surface area contributed by atoms with Crippen LogP contribution in [0.25, 0.3) is 11.3 Å². The van der Waals surface area contributed by atoms with Crippen LogP contribution in [0.3, 0.4) is 0 Å². The highest BCUT2D eigenvalue weighted by Crippen LogP contribution is 2.51. The van der Waals surface area contributed by atoms with E-state index in [1.54, 1.807) is 0 Å². The van der Waals surface area contributed by atoms with Gasteiger partial charge in [0, 0.05) is 15.4 Å². The van der Waals surface area contributed by atoms with Crippen LogP contribution in [0.15, 0.2) is 52.3 Å². The highest BCUT2D eigenvalue weighted by atomic mass is 79.9. The van der Waals surface area contributed by atoms with E-state index >= 15 is 0 Å². The number of nitrogens with one attached hydrogen (secondary N) is 1. The maximum absolute atomic E-state index is 13.0. The van der Waals surface area contributed by atoms with Crippen LogP contribution in [0.5, 0.6) is 11.5 Å². The lowest BCUT2D eigenvalue weighted by molar-refractivity contribution is -0.118. The molecule has 2 aliphatic rings. The van der Waals surface area contributed by atoms with Crippen LogP contribution in [0.2, 0.25) is 0 Å². The summed E-state index contributed by atoms with van der Waals surface area (Å²) in [5.74, 6) is 1.42. The first kappa shape index (κ1) is 16.8. The Kier molecular flexibility index (Phi) is 3.94. The molecule has 1 N–H and O–H groups in total. The molecule has 5 nitrogen and oxygen atoms in total. The Morgan fingerprint density at radius 2 is 1.89 bits per heavy atom. The second kappa shape index (κ2) is 6.35.